The maximum absolute atomic E-state index is 13.4. The molecule has 34 heavy (non-hydrogen) atoms. The molecule has 2 aromatic rings. The summed E-state index contributed by atoms with van der Waals surface area (Å²) < 4.78 is 5.70. The standard InChI is InChI=1S/C25H29Cl2N3O4/c26-18-7-5-17(6-8-18)15-28-25(33)30-14-2-4-22(30)24(32)29-13-1-3-21(29)23(31)16-34-20-11-9-19(27)10-12-20/h5-12,21-23,31H,1-4,13-16H2,(H,28,33)/t21-,22+,23?/m0/s1. The minimum atomic E-state index is -0.823. The summed E-state index contributed by atoms with van der Waals surface area (Å²) in [5.74, 6) is 0.505. The number of hydrogen-bond acceptors (Lipinski definition) is 4. The van der Waals surface area contributed by atoms with Crippen LogP contribution in [0.15, 0.2) is 48.5 Å². The summed E-state index contributed by atoms with van der Waals surface area (Å²) >= 11 is 11.8. The molecule has 2 N–H and O–H groups in total. The molecule has 2 heterocycles. The van der Waals surface area contributed by atoms with E-state index in [-0.39, 0.29) is 24.6 Å². The molecule has 2 aliphatic rings. The highest BCUT2D eigenvalue weighted by Crippen LogP contribution is 2.27. The molecule has 2 aromatic carbocycles. The second kappa shape index (κ2) is 11.3. The van der Waals surface area contributed by atoms with E-state index in [2.05, 4.69) is 5.32 Å². The molecule has 1 unspecified atom stereocenters. The van der Waals surface area contributed by atoms with Gasteiger partial charge in [0.1, 0.15) is 24.5 Å². The van der Waals surface area contributed by atoms with Gasteiger partial charge in [0.15, 0.2) is 0 Å². The molecule has 9 heteroatoms. The summed E-state index contributed by atoms with van der Waals surface area (Å²) in [5.41, 5.74) is 0.934. The van der Waals surface area contributed by atoms with E-state index >= 15 is 0 Å². The Morgan fingerprint density at radius 1 is 0.971 bits per heavy atom. The number of urea groups is 1. The number of amides is 3. The first-order valence-electron chi connectivity index (χ1n) is 11.6. The topological polar surface area (TPSA) is 82.1 Å². The Kier molecular flexibility index (Phi) is 8.19. The van der Waals surface area contributed by atoms with Gasteiger partial charge in [-0.05, 0) is 67.6 Å². The number of carbonyl (C=O) groups is 2. The lowest BCUT2D eigenvalue weighted by atomic mass is 10.1. The molecule has 182 valence electrons. The number of nitrogens with one attached hydrogen (secondary N) is 1. The number of nitrogens with zero attached hydrogens (tertiary/aromatic N) is 2. The van der Waals surface area contributed by atoms with E-state index in [0.29, 0.717) is 48.3 Å². The van der Waals surface area contributed by atoms with Gasteiger partial charge in [0, 0.05) is 29.7 Å². The highest BCUT2D eigenvalue weighted by molar-refractivity contribution is 6.30. The Balaban J connectivity index is 1.33. The third-order valence-electron chi connectivity index (χ3n) is 6.42. The fourth-order valence-electron chi connectivity index (χ4n) is 4.63. The molecular weight excluding hydrogens is 477 g/mol. The molecule has 0 aromatic heterocycles. The lowest BCUT2D eigenvalue weighted by molar-refractivity contribution is -0.138. The van der Waals surface area contributed by atoms with Gasteiger partial charge < -0.3 is 25.0 Å². The summed E-state index contributed by atoms with van der Waals surface area (Å²) in [5, 5.41) is 14.9. The number of benzene rings is 2. The number of halogens is 2. The van der Waals surface area contributed by atoms with Crippen molar-refractivity contribution >= 4 is 35.1 Å². The van der Waals surface area contributed by atoms with Crippen LogP contribution >= 0.6 is 23.2 Å². The zero-order valence-electron chi connectivity index (χ0n) is 18.8. The van der Waals surface area contributed by atoms with Crippen LogP contribution in [0.5, 0.6) is 5.75 Å². The molecule has 0 saturated carbocycles. The van der Waals surface area contributed by atoms with Gasteiger partial charge in [-0.25, -0.2) is 4.79 Å². The summed E-state index contributed by atoms with van der Waals surface area (Å²) in [6.45, 7) is 1.54. The van der Waals surface area contributed by atoms with E-state index in [1.807, 2.05) is 12.1 Å². The minimum absolute atomic E-state index is 0.0754. The number of rotatable bonds is 7. The van der Waals surface area contributed by atoms with Crippen molar-refractivity contribution < 1.29 is 19.4 Å². The SMILES string of the molecule is O=C(NCc1ccc(Cl)cc1)N1CCC[C@@H]1C(=O)N1CCC[C@H]1C(O)COc1ccc(Cl)cc1. The Morgan fingerprint density at radius 2 is 1.59 bits per heavy atom. The smallest absolute Gasteiger partial charge is 0.318 e. The van der Waals surface area contributed by atoms with Gasteiger partial charge in [-0.3, -0.25) is 4.79 Å². The van der Waals surface area contributed by atoms with Crippen LogP contribution in [0.4, 0.5) is 4.79 Å². The second-order valence-electron chi connectivity index (χ2n) is 8.71. The largest absolute Gasteiger partial charge is 0.491 e. The number of carbonyl (C=O) groups excluding carboxylic acids is 2. The number of ether oxygens (including phenoxy) is 1. The van der Waals surface area contributed by atoms with Crippen molar-refractivity contribution in [2.24, 2.45) is 0 Å². The third-order valence-corrected chi connectivity index (χ3v) is 6.92. The molecule has 3 atom stereocenters. The molecule has 0 spiro atoms. The minimum Gasteiger partial charge on any atom is -0.491 e. The van der Waals surface area contributed by atoms with Gasteiger partial charge in [-0.2, -0.15) is 0 Å². The highest BCUT2D eigenvalue weighted by Gasteiger charge is 2.42. The molecule has 0 aliphatic carbocycles. The van der Waals surface area contributed by atoms with Crippen molar-refractivity contribution in [2.75, 3.05) is 19.7 Å². The average Bonchev–Trinajstić information content (AvgIpc) is 3.53. The van der Waals surface area contributed by atoms with Gasteiger partial charge in [0.05, 0.1) is 6.04 Å². The lowest BCUT2D eigenvalue weighted by Crippen LogP contribution is -2.54. The number of hydrogen-bond donors (Lipinski definition) is 2. The second-order valence-corrected chi connectivity index (χ2v) is 9.58. The van der Waals surface area contributed by atoms with Crippen LogP contribution in [-0.2, 0) is 11.3 Å². The van der Waals surface area contributed by atoms with Crippen molar-refractivity contribution in [2.45, 2.75) is 50.4 Å². The predicted molar refractivity (Wildman–Crippen MR) is 131 cm³/mol. The fraction of sp³-hybridized carbons (Fsp3) is 0.440. The molecule has 4 rings (SSSR count). The van der Waals surface area contributed by atoms with Gasteiger partial charge in [0.25, 0.3) is 0 Å². The third kappa shape index (κ3) is 5.95. The van der Waals surface area contributed by atoms with Crippen LogP contribution in [0.3, 0.4) is 0 Å². The summed E-state index contributed by atoms with van der Waals surface area (Å²) in [7, 11) is 0. The quantitative estimate of drug-likeness (QED) is 0.593. The van der Waals surface area contributed by atoms with Crippen LogP contribution < -0.4 is 10.1 Å². The van der Waals surface area contributed by atoms with E-state index in [1.54, 1.807) is 46.2 Å². The normalized spacial score (nSPS) is 20.9. The first kappa shape index (κ1) is 24.6. The Morgan fingerprint density at radius 3 is 2.29 bits per heavy atom. The maximum atomic E-state index is 13.4. The van der Waals surface area contributed by atoms with E-state index in [0.717, 1.165) is 18.4 Å². The Bertz CT molecular complexity index is 987. The van der Waals surface area contributed by atoms with Crippen LogP contribution in [0.1, 0.15) is 31.2 Å². The van der Waals surface area contributed by atoms with Crippen molar-refractivity contribution in [3.05, 3.63) is 64.1 Å². The van der Waals surface area contributed by atoms with Gasteiger partial charge in [-0.1, -0.05) is 35.3 Å². The highest BCUT2D eigenvalue weighted by atomic mass is 35.5. The molecule has 0 bridgehead atoms. The van der Waals surface area contributed by atoms with Crippen LogP contribution in [0, 0.1) is 0 Å². The van der Waals surface area contributed by atoms with Crippen LogP contribution in [0.2, 0.25) is 10.0 Å². The zero-order valence-corrected chi connectivity index (χ0v) is 20.3. The van der Waals surface area contributed by atoms with Gasteiger partial charge in [-0.15, -0.1) is 0 Å². The average molecular weight is 506 g/mol. The zero-order chi connectivity index (χ0) is 24.1. The van der Waals surface area contributed by atoms with Crippen molar-refractivity contribution in [1.82, 2.24) is 15.1 Å². The molecular formula is C25H29Cl2N3O4. The van der Waals surface area contributed by atoms with E-state index in [1.165, 1.54) is 0 Å². The van der Waals surface area contributed by atoms with E-state index < -0.39 is 12.1 Å². The monoisotopic (exact) mass is 505 g/mol. The van der Waals surface area contributed by atoms with Crippen molar-refractivity contribution in [1.29, 1.82) is 0 Å². The van der Waals surface area contributed by atoms with Gasteiger partial charge in [0.2, 0.25) is 5.91 Å². The van der Waals surface area contributed by atoms with Crippen LogP contribution in [0.25, 0.3) is 0 Å². The van der Waals surface area contributed by atoms with Crippen molar-refractivity contribution in [3.8, 4) is 5.75 Å². The first-order valence-corrected chi connectivity index (χ1v) is 12.3. The maximum Gasteiger partial charge on any atom is 0.318 e. The fourth-order valence-corrected chi connectivity index (χ4v) is 4.88. The Hall–Kier alpha value is -2.48. The number of aliphatic hydroxyl groups is 1. The summed E-state index contributed by atoms with van der Waals surface area (Å²) in [4.78, 5) is 29.6. The van der Waals surface area contributed by atoms with Crippen LogP contribution in [-0.4, -0.2) is 64.7 Å². The number of likely N-dealkylation sites (tertiary alicyclic amines) is 2. The van der Waals surface area contributed by atoms with Gasteiger partial charge >= 0.3 is 6.03 Å². The molecule has 0 radical (unpaired) electrons. The molecule has 2 aliphatic heterocycles. The summed E-state index contributed by atoms with van der Waals surface area (Å²) in [6, 6.07) is 13.1. The first-order chi connectivity index (χ1) is 16.4. The molecule has 2 fully saturated rings. The molecule has 2 saturated heterocycles. The summed E-state index contributed by atoms with van der Waals surface area (Å²) in [6.07, 6.45) is 2.07. The van der Waals surface area contributed by atoms with Crippen molar-refractivity contribution in [3.63, 3.8) is 0 Å². The Labute approximate surface area is 209 Å². The lowest BCUT2D eigenvalue weighted by Gasteiger charge is -2.33. The van der Waals surface area contributed by atoms with E-state index in [9.17, 15) is 14.7 Å². The molecule has 3 amide bonds. The molecule has 7 nitrogen and oxygen atoms in total. The number of aliphatic hydroxyl groups excluding tert-OH is 1. The van der Waals surface area contributed by atoms with E-state index in [4.69, 9.17) is 27.9 Å². The predicted octanol–water partition coefficient (Wildman–Crippen LogP) is 4.10.